The van der Waals surface area contributed by atoms with Crippen LogP contribution < -0.4 is 9.47 Å². The fourth-order valence-electron chi connectivity index (χ4n) is 2.47. The molecular formula is C17H15NO3. The predicted octanol–water partition coefficient (Wildman–Crippen LogP) is 2.89. The maximum Gasteiger partial charge on any atom is 0.277 e. The van der Waals surface area contributed by atoms with E-state index in [4.69, 9.17) is 9.47 Å². The number of carbonyl (C=O) groups is 1. The molecule has 0 aromatic heterocycles. The first-order valence-electron chi connectivity index (χ1n) is 6.65. The maximum atomic E-state index is 12.1. The molecule has 4 nitrogen and oxygen atoms in total. The molecule has 0 aliphatic carbocycles. The van der Waals surface area contributed by atoms with Crippen LogP contribution in [0.3, 0.4) is 0 Å². The zero-order valence-electron chi connectivity index (χ0n) is 11.9. The van der Waals surface area contributed by atoms with Gasteiger partial charge in [-0.15, -0.1) is 0 Å². The number of fused-ring (bicyclic) bond motifs is 1. The Morgan fingerprint density at radius 1 is 1.00 bits per heavy atom. The largest absolute Gasteiger partial charge is 0.493 e. The minimum atomic E-state index is -0.193. The summed E-state index contributed by atoms with van der Waals surface area (Å²) in [4.78, 5) is 16.3. The molecule has 0 saturated carbocycles. The SMILES string of the molecule is COc1ccc(C2=NC(=O)c3ccccc3C2)cc1OC. The van der Waals surface area contributed by atoms with E-state index in [1.165, 1.54) is 0 Å². The molecule has 21 heavy (non-hydrogen) atoms. The van der Waals surface area contributed by atoms with Crippen LogP contribution in [-0.2, 0) is 6.42 Å². The molecule has 0 unspecified atom stereocenters. The average Bonchev–Trinajstić information content (AvgIpc) is 2.54. The van der Waals surface area contributed by atoms with Crippen LogP contribution in [0, 0.1) is 0 Å². The van der Waals surface area contributed by atoms with E-state index in [-0.39, 0.29) is 5.91 Å². The molecule has 4 heteroatoms. The summed E-state index contributed by atoms with van der Waals surface area (Å²) in [6.45, 7) is 0. The van der Waals surface area contributed by atoms with Crippen LogP contribution in [-0.4, -0.2) is 25.8 Å². The molecule has 0 radical (unpaired) electrons. The number of hydrogen-bond acceptors (Lipinski definition) is 3. The smallest absolute Gasteiger partial charge is 0.277 e. The van der Waals surface area contributed by atoms with Gasteiger partial charge in [0.05, 0.1) is 19.9 Å². The molecular weight excluding hydrogens is 266 g/mol. The third-order valence-electron chi connectivity index (χ3n) is 3.56. The summed E-state index contributed by atoms with van der Waals surface area (Å²) in [6, 6.07) is 13.1. The molecule has 0 saturated heterocycles. The van der Waals surface area contributed by atoms with E-state index in [0.717, 1.165) is 16.8 Å². The van der Waals surface area contributed by atoms with Crippen molar-refractivity contribution in [2.75, 3.05) is 14.2 Å². The normalized spacial score (nSPS) is 13.4. The van der Waals surface area contributed by atoms with Gasteiger partial charge in [-0.3, -0.25) is 4.79 Å². The van der Waals surface area contributed by atoms with Gasteiger partial charge in [0.15, 0.2) is 11.5 Å². The van der Waals surface area contributed by atoms with E-state index in [1.807, 2.05) is 42.5 Å². The minimum absolute atomic E-state index is 0.193. The van der Waals surface area contributed by atoms with E-state index in [0.29, 0.717) is 23.5 Å². The number of methoxy groups -OCH3 is 2. The summed E-state index contributed by atoms with van der Waals surface area (Å²) in [5.41, 5.74) is 3.30. The van der Waals surface area contributed by atoms with Gasteiger partial charge in [0.1, 0.15) is 0 Å². The highest BCUT2D eigenvalue weighted by Crippen LogP contribution is 2.29. The molecule has 0 fully saturated rings. The Hall–Kier alpha value is -2.62. The molecule has 0 atom stereocenters. The van der Waals surface area contributed by atoms with E-state index < -0.39 is 0 Å². The van der Waals surface area contributed by atoms with E-state index in [1.54, 1.807) is 14.2 Å². The van der Waals surface area contributed by atoms with Crippen LogP contribution in [0.15, 0.2) is 47.5 Å². The van der Waals surface area contributed by atoms with Crippen LogP contribution in [0.5, 0.6) is 11.5 Å². The number of benzene rings is 2. The van der Waals surface area contributed by atoms with Gasteiger partial charge in [-0.1, -0.05) is 18.2 Å². The summed E-state index contributed by atoms with van der Waals surface area (Å²) >= 11 is 0. The monoisotopic (exact) mass is 281 g/mol. The lowest BCUT2D eigenvalue weighted by molar-refractivity contribution is 0.1000. The number of nitrogens with zero attached hydrogens (tertiary/aromatic N) is 1. The van der Waals surface area contributed by atoms with Crippen molar-refractivity contribution in [1.82, 2.24) is 0 Å². The van der Waals surface area contributed by atoms with Gasteiger partial charge in [-0.25, -0.2) is 4.99 Å². The predicted molar refractivity (Wildman–Crippen MR) is 80.6 cm³/mol. The molecule has 106 valence electrons. The Kier molecular flexibility index (Phi) is 3.44. The van der Waals surface area contributed by atoms with Gasteiger partial charge in [-0.05, 0) is 29.8 Å². The lowest BCUT2D eigenvalue weighted by Gasteiger charge is -2.16. The second-order valence-electron chi connectivity index (χ2n) is 4.77. The number of aliphatic imine (C=N–C) groups is 1. The Balaban J connectivity index is 2.01. The van der Waals surface area contributed by atoms with Gasteiger partial charge in [0.25, 0.3) is 5.91 Å². The first kappa shape index (κ1) is 13.4. The van der Waals surface area contributed by atoms with Crippen molar-refractivity contribution in [3.63, 3.8) is 0 Å². The number of amides is 1. The van der Waals surface area contributed by atoms with Crippen molar-refractivity contribution in [2.45, 2.75) is 6.42 Å². The van der Waals surface area contributed by atoms with Crippen molar-refractivity contribution < 1.29 is 14.3 Å². The quantitative estimate of drug-likeness (QED) is 0.869. The Morgan fingerprint density at radius 3 is 2.52 bits per heavy atom. The first-order chi connectivity index (χ1) is 10.2. The summed E-state index contributed by atoms with van der Waals surface area (Å²) in [5, 5.41) is 0. The van der Waals surface area contributed by atoms with Gasteiger partial charge >= 0.3 is 0 Å². The van der Waals surface area contributed by atoms with Crippen molar-refractivity contribution in [3.05, 3.63) is 59.2 Å². The highest BCUT2D eigenvalue weighted by molar-refractivity contribution is 6.15. The van der Waals surface area contributed by atoms with Crippen LogP contribution in [0.1, 0.15) is 21.5 Å². The fourth-order valence-corrected chi connectivity index (χ4v) is 2.47. The van der Waals surface area contributed by atoms with Crippen molar-refractivity contribution in [1.29, 1.82) is 0 Å². The molecule has 1 heterocycles. The Bertz CT molecular complexity index is 735. The molecule has 1 aliphatic heterocycles. The summed E-state index contributed by atoms with van der Waals surface area (Å²) in [5.74, 6) is 1.09. The van der Waals surface area contributed by atoms with E-state index in [2.05, 4.69) is 4.99 Å². The molecule has 1 aliphatic rings. The highest BCUT2D eigenvalue weighted by Gasteiger charge is 2.20. The number of rotatable bonds is 3. The lowest BCUT2D eigenvalue weighted by atomic mass is 9.94. The number of ether oxygens (including phenoxy) is 2. The Morgan fingerprint density at radius 2 is 1.76 bits per heavy atom. The van der Waals surface area contributed by atoms with Gasteiger partial charge < -0.3 is 9.47 Å². The number of carbonyl (C=O) groups excluding carboxylic acids is 1. The highest BCUT2D eigenvalue weighted by atomic mass is 16.5. The summed E-state index contributed by atoms with van der Waals surface area (Å²) in [7, 11) is 3.18. The maximum absolute atomic E-state index is 12.1. The lowest BCUT2D eigenvalue weighted by Crippen LogP contribution is -2.17. The molecule has 0 N–H and O–H groups in total. The van der Waals surface area contributed by atoms with Crippen LogP contribution in [0.4, 0.5) is 0 Å². The van der Waals surface area contributed by atoms with Crippen LogP contribution in [0.2, 0.25) is 0 Å². The molecule has 3 rings (SSSR count). The molecule has 2 aromatic rings. The van der Waals surface area contributed by atoms with Crippen LogP contribution >= 0.6 is 0 Å². The van der Waals surface area contributed by atoms with Gasteiger partial charge in [-0.2, -0.15) is 0 Å². The third kappa shape index (κ3) is 2.40. The van der Waals surface area contributed by atoms with Gasteiger partial charge in [0.2, 0.25) is 0 Å². The summed E-state index contributed by atoms with van der Waals surface area (Å²) in [6.07, 6.45) is 0.636. The van der Waals surface area contributed by atoms with Crippen LogP contribution in [0.25, 0.3) is 0 Å². The third-order valence-corrected chi connectivity index (χ3v) is 3.56. The van der Waals surface area contributed by atoms with Crippen molar-refractivity contribution >= 4 is 11.6 Å². The second-order valence-corrected chi connectivity index (χ2v) is 4.77. The molecule has 2 aromatic carbocycles. The standard InChI is InChI=1S/C17H15NO3/c1-20-15-8-7-12(10-16(15)21-2)14-9-11-5-3-4-6-13(11)17(19)18-14/h3-8,10H,9H2,1-2H3. The minimum Gasteiger partial charge on any atom is -0.493 e. The Labute approximate surface area is 123 Å². The molecule has 0 spiro atoms. The average molecular weight is 281 g/mol. The zero-order chi connectivity index (χ0) is 14.8. The van der Waals surface area contributed by atoms with Crippen molar-refractivity contribution in [2.24, 2.45) is 4.99 Å². The number of hydrogen-bond donors (Lipinski definition) is 0. The van der Waals surface area contributed by atoms with Gasteiger partial charge in [0, 0.05) is 17.5 Å². The molecule has 0 bridgehead atoms. The topological polar surface area (TPSA) is 47.9 Å². The van der Waals surface area contributed by atoms with Crippen molar-refractivity contribution in [3.8, 4) is 11.5 Å². The first-order valence-corrected chi connectivity index (χ1v) is 6.65. The fraction of sp³-hybridized carbons (Fsp3) is 0.176. The van der Waals surface area contributed by atoms with E-state index >= 15 is 0 Å². The molecule has 1 amide bonds. The van der Waals surface area contributed by atoms with E-state index in [9.17, 15) is 4.79 Å². The zero-order valence-corrected chi connectivity index (χ0v) is 11.9. The summed E-state index contributed by atoms with van der Waals surface area (Å²) < 4.78 is 10.5. The second kappa shape index (κ2) is 5.40.